The Labute approximate surface area is 105 Å². The molecule has 0 spiro atoms. The van der Waals surface area contributed by atoms with Gasteiger partial charge in [-0.1, -0.05) is 13.8 Å². The molecule has 0 radical (unpaired) electrons. The summed E-state index contributed by atoms with van der Waals surface area (Å²) in [6, 6.07) is 0. The van der Waals surface area contributed by atoms with E-state index in [-0.39, 0.29) is 5.82 Å². The molecule has 2 heterocycles. The second-order valence-electron chi connectivity index (χ2n) is 4.80. The molecule has 6 heteroatoms. The summed E-state index contributed by atoms with van der Waals surface area (Å²) in [5, 5.41) is 0.828. The molecular weight excluding hydrogens is 236 g/mol. The predicted molar refractivity (Wildman–Crippen MR) is 70.2 cm³/mol. The van der Waals surface area contributed by atoms with E-state index in [9.17, 15) is 4.79 Å². The lowest BCUT2D eigenvalue weighted by Gasteiger charge is -2.36. The Kier molecular flexibility index (Phi) is 3.24. The van der Waals surface area contributed by atoms with Crippen LogP contribution in [-0.4, -0.2) is 23.4 Å². The molecule has 2 unspecified atom stereocenters. The van der Waals surface area contributed by atoms with E-state index in [2.05, 4.69) is 23.1 Å². The predicted octanol–water partition coefficient (Wildman–Crippen LogP) is 1.31. The maximum absolute atomic E-state index is 11.4. The van der Waals surface area contributed by atoms with Crippen molar-refractivity contribution in [1.29, 1.82) is 0 Å². The smallest absolute Gasteiger partial charge is 0.255 e. The van der Waals surface area contributed by atoms with Crippen LogP contribution in [0.4, 0.5) is 10.8 Å². The van der Waals surface area contributed by atoms with Crippen LogP contribution in [0.5, 0.6) is 0 Å². The molecule has 17 heavy (non-hydrogen) atoms. The summed E-state index contributed by atoms with van der Waals surface area (Å²) in [6.45, 7) is 6.36. The molecule has 0 saturated carbocycles. The third-order valence-corrected chi connectivity index (χ3v) is 4.49. The van der Waals surface area contributed by atoms with Crippen molar-refractivity contribution in [2.75, 3.05) is 23.7 Å². The SMILES string of the molecule is CC1CCN(c2snc(N)c2C(N)=O)CC1C. The lowest BCUT2D eigenvalue weighted by molar-refractivity contribution is 0.100. The van der Waals surface area contributed by atoms with Gasteiger partial charge in [-0.25, -0.2) is 0 Å². The minimum absolute atomic E-state index is 0.253. The number of piperidine rings is 1. The van der Waals surface area contributed by atoms with Gasteiger partial charge in [-0.05, 0) is 29.8 Å². The third kappa shape index (κ3) is 2.22. The molecule has 94 valence electrons. The number of nitrogen functional groups attached to an aromatic ring is 1. The Hall–Kier alpha value is -1.30. The quantitative estimate of drug-likeness (QED) is 0.833. The summed E-state index contributed by atoms with van der Waals surface area (Å²) in [5.74, 6) is 1.09. The first kappa shape index (κ1) is 12.2. The number of hydrogen-bond acceptors (Lipinski definition) is 5. The maximum atomic E-state index is 11.4. The normalized spacial score (nSPS) is 24.9. The van der Waals surface area contributed by atoms with Gasteiger partial charge in [-0.15, -0.1) is 0 Å². The highest BCUT2D eigenvalue weighted by Crippen LogP contribution is 2.34. The highest BCUT2D eigenvalue weighted by molar-refractivity contribution is 7.11. The van der Waals surface area contributed by atoms with E-state index in [1.165, 1.54) is 11.5 Å². The van der Waals surface area contributed by atoms with Crippen molar-refractivity contribution in [3.8, 4) is 0 Å². The van der Waals surface area contributed by atoms with E-state index in [1.807, 2.05) is 0 Å². The highest BCUT2D eigenvalue weighted by atomic mass is 32.1. The van der Waals surface area contributed by atoms with Gasteiger partial charge in [0.2, 0.25) is 0 Å². The average molecular weight is 254 g/mol. The molecule has 1 amide bonds. The van der Waals surface area contributed by atoms with Crippen molar-refractivity contribution in [3.63, 3.8) is 0 Å². The number of carbonyl (C=O) groups is 1. The summed E-state index contributed by atoms with van der Waals surface area (Å²) in [5.41, 5.74) is 11.4. The van der Waals surface area contributed by atoms with E-state index in [0.29, 0.717) is 17.4 Å². The van der Waals surface area contributed by atoms with Gasteiger partial charge in [-0.3, -0.25) is 4.79 Å². The lowest BCUT2D eigenvalue weighted by Crippen LogP contribution is -2.38. The van der Waals surface area contributed by atoms with Crippen molar-refractivity contribution in [2.24, 2.45) is 17.6 Å². The van der Waals surface area contributed by atoms with Crippen LogP contribution in [-0.2, 0) is 0 Å². The molecule has 4 N–H and O–H groups in total. The van der Waals surface area contributed by atoms with Crippen LogP contribution in [0.2, 0.25) is 0 Å². The minimum atomic E-state index is -0.488. The van der Waals surface area contributed by atoms with Crippen molar-refractivity contribution in [3.05, 3.63) is 5.56 Å². The fourth-order valence-electron chi connectivity index (χ4n) is 2.19. The summed E-state index contributed by atoms with van der Waals surface area (Å²) in [7, 11) is 0. The number of carbonyl (C=O) groups excluding carboxylic acids is 1. The fraction of sp³-hybridized carbons (Fsp3) is 0.636. The zero-order valence-corrected chi connectivity index (χ0v) is 11.0. The van der Waals surface area contributed by atoms with E-state index in [1.54, 1.807) is 0 Å². The Morgan fingerprint density at radius 2 is 2.18 bits per heavy atom. The molecule has 5 nitrogen and oxygen atoms in total. The second kappa shape index (κ2) is 4.52. The van der Waals surface area contributed by atoms with Crippen LogP contribution < -0.4 is 16.4 Å². The molecule has 1 saturated heterocycles. The largest absolute Gasteiger partial charge is 0.382 e. The number of anilines is 2. The van der Waals surface area contributed by atoms with Crippen LogP contribution in [0.15, 0.2) is 0 Å². The first-order chi connectivity index (χ1) is 8.00. The molecule has 1 aromatic heterocycles. The van der Waals surface area contributed by atoms with Crippen molar-refractivity contribution in [1.82, 2.24) is 4.37 Å². The van der Waals surface area contributed by atoms with Crippen molar-refractivity contribution in [2.45, 2.75) is 20.3 Å². The third-order valence-electron chi connectivity index (χ3n) is 3.57. The molecule has 1 fully saturated rings. The van der Waals surface area contributed by atoms with E-state index >= 15 is 0 Å². The molecule has 2 rings (SSSR count). The lowest BCUT2D eigenvalue weighted by atomic mass is 9.89. The molecular formula is C11H18N4OS. The number of amides is 1. The fourth-order valence-corrected chi connectivity index (χ4v) is 3.04. The zero-order valence-electron chi connectivity index (χ0n) is 10.1. The van der Waals surface area contributed by atoms with Gasteiger partial charge in [0.1, 0.15) is 10.6 Å². The van der Waals surface area contributed by atoms with Gasteiger partial charge in [0.15, 0.2) is 5.82 Å². The Balaban J connectivity index is 2.26. The number of primary amides is 1. The maximum Gasteiger partial charge on any atom is 0.255 e. The molecule has 1 aromatic rings. The van der Waals surface area contributed by atoms with Gasteiger partial charge < -0.3 is 16.4 Å². The van der Waals surface area contributed by atoms with E-state index < -0.39 is 5.91 Å². The topological polar surface area (TPSA) is 85.2 Å². The number of nitrogens with two attached hydrogens (primary N) is 2. The van der Waals surface area contributed by atoms with Crippen molar-refractivity contribution >= 4 is 28.3 Å². The molecule has 0 aliphatic carbocycles. The summed E-state index contributed by atoms with van der Waals surface area (Å²) in [6.07, 6.45) is 1.12. The zero-order chi connectivity index (χ0) is 12.6. The van der Waals surface area contributed by atoms with Gasteiger partial charge in [0, 0.05) is 13.1 Å². The second-order valence-corrected chi connectivity index (χ2v) is 5.55. The standard InChI is InChI=1S/C11H18N4OS/c1-6-3-4-15(5-7(6)2)11-8(10(13)16)9(12)14-17-11/h6-7H,3-5H2,1-2H3,(H2,12,14)(H2,13,16). The molecule has 1 aliphatic heterocycles. The van der Waals surface area contributed by atoms with Crippen LogP contribution in [0.25, 0.3) is 0 Å². The summed E-state index contributed by atoms with van der Waals surface area (Å²) in [4.78, 5) is 13.6. The van der Waals surface area contributed by atoms with E-state index in [4.69, 9.17) is 11.5 Å². The van der Waals surface area contributed by atoms with Crippen LogP contribution >= 0.6 is 11.5 Å². The van der Waals surface area contributed by atoms with Gasteiger partial charge in [0.25, 0.3) is 5.91 Å². The molecule has 0 aromatic carbocycles. The van der Waals surface area contributed by atoms with E-state index in [0.717, 1.165) is 24.5 Å². The summed E-state index contributed by atoms with van der Waals surface area (Å²) < 4.78 is 4.03. The minimum Gasteiger partial charge on any atom is -0.382 e. The number of rotatable bonds is 2. The Morgan fingerprint density at radius 1 is 1.47 bits per heavy atom. The van der Waals surface area contributed by atoms with Crippen LogP contribution in [0.1, 0.15) is 30.6 Å². The van der Waals surface area contributed by atoms with Crippen molar-refractivity contribution < 1.29 is 4.79 Å². The van der Waals surface area contributed by atoms with Crippen LogP contribution in [0, 0.1) is 11.8 Å². The van der Waals surface area contributed by atoms with Gasteiger partial charge >= 0.3 is 0 Å². The molecule has 2 atom stereocenters. The van der Waals surface area contributed by atoms with Crippen LogP contribution in [0.3, 0.4) is 0 Å². The van der Waals surface area contributed by atoms with Gasteiger partial charge in [-0.2, -0.15) is 4.37 Å². The van der Waals surface area contributed by atoms with Gasteiger partial charge in [0.05, 0.1) is 0 Å². The monoisotopic (exact) mass is 254 g/mol. The Bertz CT molecular complexity index is 431. The first-order valence-electron chi connectivity index (χ1n) is 5.80. The average Bonchev–Trinajstić information content (AvgIpc) is 2.64. The summed E-state index contributed by atoms with van der Waals surface area (Å²) >= 11 is 1.26. The molecule has 1 aliphatic rings. The number of nitrogens with zero attached hydrogens (tertiary/aromatic N) is 2. The number of hydrogen-bond donors (Lipinski definition) is 2. The molecule has 0 bridgehead atoms. The highest BCUT2D eigenvalue weighted by Gasteiger charge is 2.28. The number of aromatic nitrogens is 1. The Morgan fingerprint density at radius 3 is 2.76 bits per heavy atom. The first-order valence-corrected chi connectivity index (χ1v) is 6.58.